The third-order valence-electron chi connectivity index (χ3n) is 3.12. The van der Waals surface area contributed by atoms with Crippen molar-refractivity contribution in [1.29, 1.82) is 0 Å². The van der Waals surface area contributed by atoms with Crippen molar-refractivity contribution in [3.05, 3.63) is 39.7 Å². The van der Waals surface area contributed by atoms with Gasteiger partial charge in [-0.25, -0.2) is 4.98 Å². The zero-order valence-corrected chi connectivity index (χ0v) is 10.2. The first-order valence-corrected chi connectivity index (χ1v) is 6.06. The molecule has 1 aliphatic carbocycles. The Labute approximate surface area is 104 Å². The van der Waals surface area contributed by atoms with Gasteiger partial charge in [-0.05, 0) is 19.8 Å². The number of aromatic amines is 2. The Morgan fingerprint density at radius 3 is 3.00 bits per heavy atom. The molecule has 3 rings (SSSR count). The normalized spacial score (nSPS) is 14.7. The lowest BCUT2D eigenvalue weighted by Crippen LogP contribution is -2.13. The van der Waals surface area contributed by atoms with Crippen LogP contribution in [-0.4, -0.2) is 20.2 Å². The van der Waals surface area contributed by atoms with Crippen molar-refractivity contribution in [2.24, 2.45) is 0 Å². The van der Waals surface area contributed by atoms with E-state index in [0.29, 0.717) is 18.3 Å². The molecule has 1 saturated carbocycles. The maximum Gasteiger partial charge on any atom is 0.252 e. The summed E-state index contributed by atoms with van der Waals surface area (Å²) in [7, 11) is 0. The fourth-order valence-corrected chi connectivity index (χ4v) is 1.86. The first kappa shape index (κ1) is 11.0. The van der Waals surface area contributed by atoms with Crippen LogP contribution >= 0.6 is 0 Å². The fourth-order valence-electron chi connectivity index (χ4n) is 1.86. The number of hydrogen-bond acceptors (Lipinski definition) is 4. The second-order valence-corrected chi connectivity index (χ2v) is 4.66. The molecule has 0 spiro atoms. The molecule has 0 aromatic carbocycles. The molecule has 18 heavy (non-hydrogen) atoms. The van der Waals surface area contributed by atoms with Gasteiger partial charge in [0, 0.05) is 29.8 Å². The quantitative estimate of drug-likeness (QED) is 0.757. The lowest BCUT2D eigenvalue weighted by Gasteiger charge is -2.06. The second-order valence-electron chi connectivity index (χ2n) is 4.66. The third kappa shape index (κ3) is 2.27. The van der Waals surface area contributed by atoms with Gasteiger partial charge >= 0.3 is 0 Å². The molecule has 0 unspecified atom stereocenters. The van der Waals surface area contributed by atoms with E-state index in [1.54, 1.807) is 6.20 Å². The zero-order chi connectivity index (χ0) is 12.5. The standard InChI is InChI=1S/C12H15N5O/c1-7-9(6-14-17-7)5-13-10-4-11(18)16-12(15-10)8-2-3-8/h4,6,8H,2-3,5H2,1H3,(H,14,17)(H2,13,15,16,18). The van der Waals surface area contributed by atoms with Gasteiger partial charge in [0.25, 0.3) is 5.56 Å². The van der Waals surface area contributed by atoms with Crippen molar-refractivity contribution in [2.45, 2.75) is 32.2 Å². The van der Waals surface area contributed by atoms with Gasteiger partial charge in [-0.15, -0.1) is 0 Å². The number of aryl methyl sites for hydroxylation is 1. The highest BCUT2D eigenvalue weighted by Crippen LogP contribution is 2.37. The van der Waals surface area contributed by atoms with E-state index in [1.807, 2.05) is 6.92 Å². The lowest BCUT2D eigenvalue weighted by molar-refractivity contribution is 0.903. The molecule has 94 valence electrons. The van der Waals surface area contributed by atoms with Crippen LogP contribution in [0.4, 0.5) is 5.82 Å². The summed E-state index contributed by atoms with van der Waals surface area (Å²) < 4.78 is 0. The van der Waals surface area contributed by atoms with Gasteiger partial charge in [0.2, 0.25) is 0 Å². The summed E-state index contributed by atoms with van der Waals surface area (Å²) in [5.41, 5.74) is 2.00. The van der Waals surface area contributed by atoms with E-state index in [4.69, 9.17) is 0 Å². The number of nitrogens with one attached hydrogen (secondary N) is 3. The molecule has 0 saturated heterocycles. The van der Waals surface area contributed by atoms with Crippen LogP contribution in [0.15, 0.2) is 17.1 Å². The predicted molar refractivity (Wildman–Crippen MR) is 67.5 cm³/mol. The largest absolute Gasteiger partial charge is 0.366 e. The fraction of sp³-hybridized carbons (Fsp3) is 0.417. The maximum atomic E-state index is 11.5. The summed E-state index contributed by atoms with van der Waals surface area (Å²) >= 11 is 0. The smallest absolute Gasteiger partial charge is 0.252 e. The van der Waals surface area contributed by atoms with Crippen LogP contribution in [0, 0.1) is 6.92 Å². The minimum Gasteiger partial charge on any atom is -0.366 e. The van der Waals surface area contributed by atoms with Crippen LogP contribution in [-0.2, 0) is 6.54 Å². The summed E-state index contributed by atoms with van der Waals surface area (Å²) in [6.45, 7) is 2.58. The summed E-state index contributed by atoms with van der Waals surface area (Å²) in [5.74, 6) is 1.87. The first-order valence-electron chi connectivity index (χ1n) is 6.06. The number of aromatic nitrogens is 4. The molecule has 1 fully saturated rings. The second kappa shape index (κ2) is 4.29. The van der Waals surface area contributed by atoms with Gasteiger partial charge in [-0.2, -0.15) is 5.10 Å². The van der Waals surface area contributed by atoms with Crippen LogP contribution in [0.3, 0.4) is 0 Å². The Hall–Kier alpha value is -2.11. The van der Waals surface area contributed by atoms with Crippen LogP contribution < -0.4 is 10.9 Å². The molecule has 0 bridgehead atoms. The molecule has 3 N–H and O–H groups in total. The number of hydrogen-bond donors (Lipinski definition) is 3. The number of rotatable bonds is 4. The summed E-state index contributed by atoms with van der Waals surface area (Å²) in [5, 5.41) is 9.99. The molecule has 6 heteroatoms. The molecule has 2 aromatic rings. The number of anilines is 1. The van der Waals surface area contributed by atoms with Crippen molar-refractivity contribution < 1.29 is 0 Å². The maximum absolute atomic E-state index is 11.5. The summed E-state index contributed by atoms with van der Waals surface area (Å²) in [6.07, 6.45) is 4.01. The molecule has 2 aromatic heterocycles. The van der Waals surface area contributed by atoms with E-state index in [2.05, 4.69) is 25.5 Å². The van der Waals surface area contributed by atoms with E-state index < -0.39 is 0 Å². The van der Waals surface area contributed by atoms with E-state index >= 15 is 0 Å². The average molecular weight is 245 g/mol. The Morgan fingerprint density at radius 1 is 1.50 bits per heavy atom. The van der Waals surface area contributed by atoms with Crippen LogP contribution in [0.2, 0.25) is 0 Å². The van der Waals surface area contributed by atoms with Gasteiger partial charge in [-0.3, -0.25) is 9.89 Å². The van der Waals surface area contributed by atoms with Gasteiger partial charge in [0.05, 0.1) is 6.20 Å². The molecule has 6 nitrogen and oxygen atoms in total. The Kier molecular flexibility index (Phi) is 2.62. The van der Waals surface area contributed by atoms with E-state index in [0.717, 1.165) is 29.9 Å². The van der Waals surface area contributed by atoms with Crippen molar-refractivity contribution >= 4 is 5.82 Å². The molecule has 0 atom stereocenters. The summed E-state index contributed by atoms with van der Waals surface area (Å²) in [4.78, 5) is 18.7. The highest BCUT2D eigenvalue weighted by molar-refractivity contribution is 5.35. The highest BCUT2D eigenvalue weighted by Gasteiger charge is 2.26. The Balaban J connectivity index is 1.76. The minimum atomic E-state index is -0.0988. The van der Waals surface area contributed by atoms with Gasteiger partial charge < -0.3 is 10.3 Å². The zero-order valence-electron chi connectivity index (χ0n) is 10.2. The van der Waals surface area contributed by atoms with Crippen molar-refractivity contribution in [3.8, 4) is 0 Å². The van der Waals surface area contributed by atoms with Crippen LogP contribution in [0.25, 0.3) is 0 Å². The van der Waals surface area contributed by atoms with Gasteiger partial charge in [0.1, 0.15) is 11.6 Å². The Morgan fingerprint density at radius 2 is 2.33 bits per heavy atom. The van der Waals surface area contributed by atoms with E-state index in [9.17, 15) is 4.79 Å². The first-order chi connectivity index (χ1) is 8.72. The topological polar surface area (TPSA) is 86.5 Å². The predicted octanol–water partition coefficient (Wildman–Crippen LogP) is 1.29. The van der Waals surface area contributed by atoms with Crippen molar-refractivity contribution in [2.75, 3.05) is 5.32 Å². The number of nitrogens with zero attached hydrogens (tertiary/aromatic N) is 2. The minimum absolute atomic E-state index is 0.0988. The summed E-state index contributed by atoms with van der Waals surface area (Å²) in [6, 6.07) is 1.49. The molecular formula is C12H15N5O. The van der Waals surface area contributed by atoms with Crippen LogP contribution in [0.1, 0.15) is 35.8 Å². The van der Waals surface area contributed by atoms with E-state index in [-0.39, 0.29) is 5.56 Å². The van der Waals surface area contributed by atoms with Crippen molar-refractivity contribution in [3.63, 3.8) is 0 Å². The van der Waals surface area contributed by atoms with Crippen LogP contribution in [0.5, 0.6) is 0 Å². The molecule has 0 amide bonds. The third-order valence-corrected chi connectivity index (χ3v) is 3.12. The van der Waals surface area contributed by atoms with Crippen molar-refractivity contribution in [1.82, 2.24) is 20.2 Å². The molecule has 2 heterocycles. The van der Waals surface area contributed by atoms with Gasteiger partial charge in [0.15, 0.2) is 0 Å². The lowest BCUT2D eigenvalue weighted by atomic mass is 10.2. The molecule has 0 aliphatic heterocycles. The molecule has 1 aliphatic rings. The Bertz CT molecular complexity index is 611. The highest BCUT2D eigenvalue weighted by atomic mass is 16.1. The SMILES string of the molecule is Cc1[nH]ncc1CNc1cc(=O)[nH]c(C2CC2)n1. The van der Waals surface area contributed by atoms with E-state index in [1.165, 1.54) is 6.07 Å². The van der Waals surface area contributed by atoms with Gasteiger partial charge in [-0.1, -0.05) is 0 Å². The number of H-pyrrole nitrogens is 2. The molecule has 0 radical (unpaired) electrons. The average Bonchev–Trinajstić information content (AvgIpc) is 3.11. The monoisotopic (exact) mass is 245 g/mol. The molecular weight excluding hydrogens is 230 g/mol.